The van der Waals surface area contributed by atoms with Gasteiger partial charge in [0.1, 0.15) is 11.9 Å². The minimum absolute atomic E-state index is 0.00580. The highest BCUT2D eigenvalue weighted by Gasteiger charge is 2.33. The summed E-state index contributed by atoms with van der Waals surface area (Å²) >= 11 is 0. The van der Waals surface area contributed by atoms with Crippen molar-refractivity contribution in [1.29, 1.82) is 0 Å². The molecular formula is C31H39N3O7S2. The van der Waals surface area contributed by atoms with Gasteiger partial charge in [-0.15, -0.1) is 0 Å². The lowest BCUT2D eigenvalue weighted by Gasteiger charge is -2.33. The number of sulfonamides is 2. The number of benzene rings is 3. The number of aliphatic hydroxyl groups is 1. The van der Waals surface area contributed by atoms with E-state index in [1.165, 1.54) is 23.5 Å². The number of hydrogen-bond acceptors (Lipinski definition) is 7. The van der Waals surface area contributed by atoms with Crippen molar-refractivity contribution >= 4 is 31.6 Å². The summed E-state index contributed by atoms with van der Waals surface area (Å²) in [5.74, 6) is -0.236. The molecule has 1 heterocycles. The second-order valence-electron chi connectivity index (χ2n) is 11.2. The summed E-state index contributed by atoms with van der Waals surface area (Å²) in [7, 11) is -6.24. The first-order chi connectivity index (χ1) is 20.2. The van der Waals surface area contributed by atoms with Crippen molar-refractivity contribution < 1.29 is 31.5 Å². The predicted octanol–water partition coefficient (Wildman–Crippen LogP) is 3.57. The van der Waals surface area contributed by atoms with E-state index in [2.05, 4.69) is 4.72 Å². The molecule has 0 radical (unpaired) electrons. The topological polar surface area (TPSA) is 133 Å². The smallest absolute Gasteiger partial charge is 0.261 e. The van der Waals surface area contributed by atoms with Crippen molar-refractivity contribution in [2.75, 3.05) is 31.5 Å². The number of amides is 1. The number of rotatable bonds is 9. The van der Waals surface area contributed by atoms with Crippen LogP contribution in [0.1, 0.15) is 30.5 Å². The van der Waals surface area contributed by atoms with Gasteiger partial charge < -0.3 is 14.7 Å². The van der Waals surface area contributed by atoms with E-state index in [0.29, 0.717) is 11.3 Å². The van der Waals surface area contributed by atoms with Gasteiger partial charge in [0.2, 0.25) is 15.9 Å². The van der Waals surface area contributed by atoms with Gasteiger partial charge in [-0.3, -0.25) is 9.52 Å². The van der Waals surface area contributed by atoms with Crippen LogP contribution in [0.25, 0.3) is 0 Å². The van der Waals surface area contributed by atoms with Crippen molar-refractivity contribution in [3.05, 3.63) is 83.4 Å². The van der Waals surface area contributed by atoms with Crippen LogP contribution in [-0.2, 0) is 31.3 Å². The van der Waals surface area contributed by atoms with E-state index in [1.807, 2.05) is 20.8 Å². The third-order valence-corrected chi connectivity index (χ3v) is 10.9. The predicted molar refractivity (Wildman–Crippen MR) is 165 cm³/mol. The maximum Gasteiger partial charge on any atom is 0.261 e. The molecule has 0 aromatic heterocycles. The van der Waals surface area contributed by atoms with Crippen molar-refractivity contribution in [1.82, 2.24) is 9.21 Å². The zero-order chi connectivity index (χ0) is 31.5. The molecule has 3 atom stereocenters. The Bertz CT molecular complexity index is 1660. The Morgan fingerprint density at radius 1 is 0.977 bits per heavy atom. The quantitative estimate of drug-likeness (QED) is 0.370. The van der Waals surface area contributed by atoms with E-state index < -0.39 is 32.2 Å². The van der Waals surface area contributed by atoms with Gasteiger partial charge >= 0.3 is 0 Å². The summed E-state index contributed by atoms with van der Waals surface area (Å²) in [5.41, 5.74) is 2.55. The van der Waals surface area contributed by atoms with Crippen molar-refractivity contribution in [2.24, 2.45) is 5.92 Å². The standard InChI is InChI=1S/C31H39N3O7S2/c1-21-6-11-27(12-7-21)42(37,38)32-26-10-15-29-25(16-26)17-31(36)34(24(4)20-35)18-23(3)30(41-29)19-33(5)43(39,40)28-13-8-22(2)9-14-28/h6-16,23-24,30,32,35H,17-20H2,1-5H3/t23-,24+,30-/m0/s1. The highest BCUT2D eigenvalue weighted by molar-refractivity contribution is 7.92. The Hall–Kier alpha value is -3.45. The number of anilines is 1. The van der Waals surface area contributed by atoms with Crippen LogP contribution in [0.15, 0.2) is 76.5 Å². The molecule has 0 unspecified atom stereocenters. The minimum atomic E-state index is -3.90. The Morgan fingerprint density at radius 2 is 1.56 bits per heavy atom. The molecule has 0 saturated heterocycles. The second-order valence-corrected chi connectivity index (χ2v) is 15.0. The van der Waals surface area contributed by atoms with E-state index in [-0.39, 0.29) is 53.4 Å². The highest BCUT2D eigenvalue weighted by Crippen LogP contribution is 2.30. The molecule has 10 nitrogen and oxygen atoms in total. The fourth-order valence-electron chi connectivity index (χ4n) is 4.88. The molecule has 0 fully saturated rings. The lowest BCUT2D eigenvalue weighted by molar-refractivity contribution is -0.134. The van der Waals surface area contributed by atoms with Crippen LogP contribution in [0.3, 0.4) is 0 Å². The maximum absolute atomic E-state index is 13.5. The Labute approximate surface area is 254 Å². The summed E-state index contributed by atoms with van der Waals surface area (Å²) in [6.07, 6.45) is -0.769. The number of hydrogen-bond donors (Lipinski definition) is 2. The van der Waals surface area contributed by atoms with E-state index in [4.69, 9.17) is 4.74 Å². The Kier molecular flexibility index (Phi) is 9.85. The summed E-state index contributed by atoms with van der Waals surface area (Å²) in [5, 5.41) is 9.89. The van der Waals surface area contributed by atoms with Gasteiger partial charge in [-0.2, -0.15) is 4.31 Å². The zero-order valence-corrected chi connectivity index (χ0v) is 26.7. The van der Waals surface area contributed by atoms with Crippen LogP contribution in [-0.4, -0.2) is 75.9 Å². The number of fused-ring (bicyclic) bond motifs is 1. The van der Waals surface area contributed by atoms with Gasteiger partial charge in [-0.25, -0.2) is 16.8 Å². The molecule has 1 amide bonds. The summed E-state index contributed by atoms with van der Waals surface area (Å²) < 4.78 is 63.1. The molecule has 0 saturated carbocycles. The maximum atomic E-state index is 13.5. The first-order valence-corrected chi connectivity index (χ1v) is 17.0. The van der Waals surface area contributed by atoms with Crippen LogP contribution in [0.2, 0.25) is 0 Å². The van der Waals surface area contributed by atoms with Crippen molar-refractivity contribution in [3.8, 4) is 5.75 Å². The van der Waals surface area contributed by atoms with Crippen molar-refractivity contribution in [2.45, 2.75) is 56.1 Å². The third-order valence-electron chi connectivity index (χ3n) is 7.67. The normalized spacial score (nSPS) is 18.7. The number of aryl methyl sites for hydroxylation is 2. The molecule has 0 aliphatic carbocycles. The van der Waals surface area contributed by atoms with Gasteiger partial charge in [-0.1, -0.05) is 42.3 Å². The van der Waals surface area contributed by atoms with Crippen molar-refractivity contribution in [3.63, 3.8) is 0 Å². The minimum Gasteiger partial charge on any atom is -0.488 e. The number of aliphatic hydroxyl groups excluding tert-OH is 1. The molecule has 43 heavy (non-hydrogen) atoms. The third kappa shape index (κ3) is 7.56. The highest BCUT2D eigenvalue weighted by atomic mass is 32.2. The van der Waals surface area contributed by atoms with E-state index in [9.17, 15) is 26.7 Å². The molecule has 3 aromatic rings. The molecule has 232 valence electrons. The molecule has 0 bridgehead atoms. The summed E-state index contributed by atoms with van der Waals surface area (Å²) in [6, 6.07) is 17.3. The molecule has 2 N–H and O–H groups in total. The average Bonchev–Trinajstić information content (AvgIpc) is 3.00. The average molecular weight is 630 g/mol. The van der Waals surface area contributed by atoms with Crippen LogP contribution >= 0.6 is 0 Å². The van der Waals surface area contributed by atoms with E-state index in [0.717, 1.165) is 11.1 Å². The lowest BCUT2D eigenvalue weighted by atomic mass is 10.0. The van der Waals surface area contributed by atoms with Gasteiger partial charge in [-0.05, 0) is 63.2 Å². The van der Waals surface area contributed by atoms with E-state index in [1.54, 1.807) is 66.4 Å². The zero-order valence-electron chi connectivity index (χ0n) is 25.0. The number of carbonyl (C=O) groups excluding carboxylic acids is 1. The monoisotopic (exact) mass is 629 g/mol. The van der Waals surface area contributed by atoms with Gasteiger partial charge in [0.15, 0.2) is 0 Å². The first kappa shape index (κ1) is 32.5. The summed E-state index contributed by atoms with van der Waals surface area (Å²) in [6.45, 7) is 7.32. The van der Waals surface area contributed by atoms with Crippen LogP contribution in [0, 0.1) is 19.8 Å². The molecule has 1 aliphatic rings. The number of ether oxygens (including phenoxy) is 1. The van der Waals surface area contributed by atoms with Gasteiger partial charge in [0.05, 0.1) is 35.4 Å². The van der Waals surface area contributed by atoms with Gasteiger partial charge in [0.25, 0.3) is 10.0 Å². The molecule has 4 rings (SSSR count). The van der Waals surface area contributed by atoms with E-state index >= 15 is 0 Å². The Morgan fingerprint density at radius 3 is 2.14 bits per heavy atom. The fraction of sp³-hybridized carbons (Fsp3) is 0.387. The van der Waals surface area contributed by atoms with Gasteiger partial charge in [0, 0.05) is 30.8 Å². The molecule has 1 aliphatic heterocycles. The number of likely N-dealkylation sites (N-methyl/N-ethyl adjacent to an activating group) is 1. The Balaban J connectivity index is 1.68. The SMILES string of the molecule is Cc1ccc(S(=O)(=O)Nc2ccc3c(c2)CC(=O)N([C@H](C)CO)C[C@H](C)[C@H](CN(C)S(=O)(=O)c2ccc(C)cc2)O3)cc1. The molecule has 0 spiro atoms. The lowest BCUT2D eigenvalue weighted by Crippen LogP contribution is -2.48. The molecular weight excluding hydrogens is 590 g/mol. The number of nitrogens with zero attached hydrogens (tertiary/aromatic N) is 2. The first-order valence-electron chi connectivity index (χ1n) is 14.0. The van der Waals surface area contributed by atoms with Crippen LogP contribution in [0.5, 0.6) is 5.75 Å². The molecule has 12 heteroatoms. The second kappa shape index (κ2) is 13.0. The largest absolute Gasteiger partial charge is 0.488 e. The summed E-state index contributed by atoms with van der Waals surface area (Å²) in [4.78, 5) is 15.3. The fourth-order valence-corrected chi connectivity index (χ4v) is 7.12. The van der Waals surface area contributed by atoms with Crippen LogP contribution in [0.4, 0.5) is 5.69 Å². The van der Waals surface area contributed by atoms with Crippen LogP contribution < -0.4 is 9.46 Å². The number of nitrogens with one attached hydrogen (secondary N) is 1. The molecule has 3 aromatic carbocycles. The number of carbonyl (C=O) groups is 1.